The molecule has 2 fully saturated rings. The number of hydrogen-bond donors (Lipinski definition) is 1. The van der Waals surface area contributed by atoms with Crippen LogP contribution in [0.2, 0.25) is 0 Å². The van der Waals surface area contributed by atoms with Gasteiger partial charge in [0.25, 0.3) is 0 Å². The molecule has 2 atom stereocenters. The number of likely N-dealkylation sites (tertiary alicyclic amines) is 1. The number of rotatable bonds is 2. The van der Waals surface area contributed by atoms with E-state index in [2.05, 4.69) is 40.5 Å². The molecule has 2 heterocycles. The van der Waals surface area contributed by atoms with Crippen molar-refractivity contribution in [3.63, 3.8) is 0 Å². The Labute approximate surface area is 104 Å². The maximum Gasteiger partial charge on any atom is 0.0253 e. The van der Waals surface area contributed by atoms with E-state index < -0.39 is 0 Å². The van der Waals surface area contributed by atoms with E-state index in [-0.39, 0.29) is 0 Å². The molecule has 2 saturated heterocycles. The summed E-state index contributed by atoms with van der Waals surface area (Å²) in [4.78, 5) is 2.68. The molecule has 0 saturated carbocycles. The van der Waals surface area contributed by atoms with Crippen molar-refractivity contribution in [2.24, 2.45) is 0 Å². The zero-order chi connectivity index (χ0) is 11.5. The van der Waals surface area contributed by atoms with Gasteiger partial charge in [0, 0.05) is 25.2 Å². The lowest BCUT2D eigenvalue weighted by molar-refractivity contribution is 0.221. The zero-order valence-electron chi connectivity index (χ0n) is 10.4. The Morgan fingerprint density at radius 2 is 2.00 bits per heavy atom. The molecule has 0 unspecified atom stereocenters. The minimum absolute atomic E-state index is 0.751. The first kappa shape index (κ1) is 11.2. The van der Waals surface area contributed by atoms with Crippen LogP contribution >= 0.6 is 0 Å². The molecule has 1 aromatic rings. The largest absolute Gasteiger partial charge is 0.312 e. The van der Waals surface area contributed by atoms with Gasteiger partial charge in [0.05, 0.1) is 0 Å². The van der Waals surface area contributed by atoms with Gasteiger partial charge in [0.15, 0.2) is 0 Å². The molecule has 0 aromatic heterocycles. The summed E-state index contributed by atoms with van der Waals surface area (Å²) in [5, 5.41) is 3.72. The highest BCUT2D eigenvalue weighted by Crippen LogP contribution is 2.26. The van der Waals surface area contributed by atoms with Gasteiger partial charge >= 0.3 is 0 Å². The van der Waals surface area contributed by atoms with Crippen molar-refractivity contribution in [1.29, 1.82) is 0 Å². The second kappa shape index (κ2) is 5.19. The summed E-state index contributed by atoms with van der Waals surface area (Å²) in [5.74, 6) is 0. The van der Waals surface area contributed by atoms with Crippen molar-refractivity contribution in [2.45, 2.75) is 44.3 Å². The first-order valence-corrected chi connectivity index (χ1v) is 6.95. The predicted molar refractivity (Wildman–Crippen MR) is 70.9 cm³/mol. The van der Waals surface area contributed by atoms with E-state index in [4.69, 9.17) is 0 Å². The molecular formula is C15H22N2. The molecule has 2 aliphatic rings. The molecule has 1 N–H and O–H groups in total. The average molecular weight is 230 g/mol. The van der Waals surface area contributed by atoms with Crippen LogP contribution in [-0.2, 0) is 6.54 Å². The maximum atomic E-state index is 3.72. The Bertz CT molecular complexity index is 349. The Balaban J connectivity index is 1.67. The molecule has 3 rings (SSSR count). The molecule has 2 aliphatic heterocycles. The highest BCUT2D eigenvalue weighted by atomic mass is 15.2. The van der Waals surface area contributed by atoms with Crippen LogP contribution in [0.15, 0.2) is 30.3 Å². The van der Waals surface area contributed by atoms with Crippen LogP contribution in [0.1, 0.15) is 31.2 Å². The van der Waals surface area contributed by atoms with Crippen molar-refractivity contribution in [3.05, 3.63) is 35.9 Å². The van der Waals surface area contributed by atoms with E-state index in [1.165, 1.54) is 44.3 Å². The minimum atomic E-state index is 0.751. The topological polar surface area (TPSA) is 15.3 Å². The fourth-order valence-electron chi connectivity index (χ4n) is 3.32. The molecule has 2 nitrogen and oxygen atoms in total. The van der Waals surface area contributed by atoms with Gasteiger partial charge in [0.2, 0.25) is 0 Å². The summed E-state index contributed by atoms with van der Waals surface area (Å²) in [6.07, 6.45) is 5.45. The van der Waals surface area contributed by atoms with E-state index in [0.717, 1.165) is 18.6 Å². The van der Waals surface area contributed by atoms with E-state index >= 15 is 0 Å². The van der Waals surface area contributed by atoms with Gasteiger partial charge in [-0.25, -0.2) is 0 Å². The summed E-state index contributed by atoms with van der Waals surface area (Å²) in [7, 11) is 0. The zero-order valence-corrected chi connectivity index (χ0v) is 10.4. The minimum Gasteiger partial charge on any atom is -0.312 e. The molecule has 1 aromatic carbocycles. The van der Waals surface area contributed by atoms with Crippen LogP contribution in [-0.4, -0.2) is 30.1 Å². The molecule has 0 spiro atoms. The molecule has 0 aliphatic carbocycles. The van der Waals surface area contributed by atoms with Gasteiger partial charge in [-0.2, -0.15) is 0 Å². The van der Waals surface area contributed by atoms with E-state index in [9.17, 15) is 0 Å². The van der Waals surface area contributed by atoms with Crippen LogP contribution in [0.3, 0.4) is 0 Å². The number of nitrogens with zero attached hydrogens (tertiary/aromatic N) is 1. The lowest BCUT2D eigenvalue weighted by atomic mass is 10.0. The van der Waals surface area contributed by atoms with Crippen LogP contribution in [0.25, 0.3) is 0 Å². The fraction of sp³-hybridized carbons (Fsp3) is 0.600. The van der Waals surface area contributed by atoms with E-state index in [1.807, 2.05) is 0 Å². The summed E-state index contributed by atoms with van der Waals surface area (Å²) >= 11 is 0. The quantitative estimate of drug-likeness (QED) is 0.839. The molecule has 0 amide bonds. The standard InChI is InChI=1S/C15H22N2/c1-2-6-13(7-3-1)12-17-11-9-14-15(17)8-4-5-10-16-14/h1-3,6-7,14-16H,4-5,8-12H2/t14-,15+/m1/s1. The second-order valence-electron chi connectivity index (χ2n) is 5.37. The highest BCUT2D eigenvalue weighted by Gasteiger charge is 2.34. The first-order chi connectivity index (χ1) is 8.43. The van der Waals surface area contributed by atoms with Crippen LogP contribution in [0.5, 0.6) is 0 Å². The summed E-state index contributed by atoms with van der Waals surface area (Å²) in [5.41, 5.74) is 1.46. The van der Waals surface area contributed by atoms with Crippen molar-refractivity contribution in [2.75, 3.05) is 13.1 Å². The molecule has 0 bridgehead atoms. The number of fused-ring (bicyclic) bond motifs is 1. The lowest BCUT2D eigenvalue weighted by Gasteiger charge is -2.27. The summed E-state index contributed by atoms with van der Waals surface area (Å²) in [6.45, 7) is 3.61. The SMILES string of the molecule is c1ccc(CN2CC[C@H]3NCCCC[C@@H]32)cc1. The smallest absolute Gasteiger partial charge is 0.0253 e. The van der Waals surface area contributed by atoms with Gasteiger partial charge in [0.1, 0.15) is 0 Å². The fourth-order valence-corrected chi connectivity index (χ4v) is 3.32. The van der Waals surface area contributed by atoms with Crippen LogP contribution in [0, 0.1) is 0 Å². The third kappa shape index (κ3) is 2.53. The van der Waals surface area contributed by atoms with Crippen molar-refractivity contribution >= 4 is 0 Å². The highest BCUT2D eigenvalue weighted by molar-refractivity contribution is 5.15. The van der Waals surface area contributed by atoms with Gasteiger partial charge in [-0.1, -0.05) is 36.8 Å². The van der Waals surface area contributed by atoms with Gasteiger partial charge in [-0.3, -0.25) is 4.90 Å². The summed E-state index contributed by atoms with van der Waals surface area (Å²) < 4.78 is 0. The van der Waals surface area contributed by atoms with Crippen molar-refractivity contribution in [3.8, 4) is 0 Å². The van der Waals surface area contributed by atoms with E-state index in [0.29, 0.717) is 0 Å². The summed E-state index contributed by atoms with van der Waals surface area (Å²) in [6, 6.07) is 12.4. The maximum absolute atomic E-state index is 3.72. The van der Waals surface area contributed by atoms with E-state index in [1.54, 1.807) is 0 Å². The predicted octanol–water partition coefficient (Wildman–Crippen LogP) is 2.40. The van der Waals surface area contributed by atoms with Crippen molar-refractivity contribution in [1.82, 2.24) is 10.2 Å². The molecule has 2 heteroatoms. The molecule has 17 heavy (non-hydrogen) atoms. The lowest BCUT2D eigenvalue weighted by Crippen LogP contribution is -2.40. The first-order valence-electron chi connectivity index (χ1n) is 6.95. The van der Waals surface area contributed by atoms with Crippen LogP contribution in [0.4, 0.5) is 0 Å². The van der Waals surface area contributed by atoms with Gasteiger partial charge in [-0.15, -0.1) is 0 Å². The molecular weight excluding hydrogens is 208 g/mol. The number of benzene rings is 1. The molecule has 0 radical (unpaired) electrons. The monoisotopic (exact) mass is 230 g/mol. The molecule has 92 valence electrons. The Hall–Kier alpha value is -0.860. The van der Waals surface area contributed by atoms with Crippen molar-refractivity contribution < 1.29 is 0 Å². The second-order valence-corrected chi connectivity index (χ2v) is 5.37. The third-order valence-electron chi connectivity index (χ3n) is 4.22. The Morgan fingerprint density at radius 3 is 2.88 bits per heavy atom. The Kier molecular flexibility index (Phi) is 3.44. The van der Waals surface area contributed by atoms with Gasteiger partial charge < -0.3 is 5.32 Å². The average Bonchev–Trinajstić information content (AvgIpc) is 2.61. The third-order valence-corrected chi connectivity index (χ3v) is 4.22. The normalized spacial score (nSPS) is 29.9. The number of hydrogen-bond acceptors (Lipinski definition) is 2. The van der Waals surface area contributed by atoms with Crippen LogP contribution < -0.4 is 5.32 Å². The van der Waals surface area contributed by atoms with Gasteiger partial charge in [-0.05, 0) is 31.4 Å². The number of nitrogens with one attached hydrogen (secondary N) is 1. The Morgan fingerprint density at radius 1 is 1.12 bits per heavy atom.